The van der Waals surface area contributed by atoms with Crippen LogP contribution in [0.25, 0.3) is 0 Å². The number of para-hydroxylation sites is 1. The second-order valence-electron chi connectivity index (χ2n) is 7.89. The van der Waals surface area contributed by atoms with Crippen molar-refractivity contribution in [2.75, 3.05) is 16.8 Å². The number of anilines is 2. The van der Waals surface area contributed by atoms with Gasteiger partial charge in [0.2, 0.25) is 11.8 Å². The first kappa shape index (κ1) is 19.2. The molecule has 3 heterocycles. The Morgan fingerprint density at radius 2 is 1.97 bits per heavy atom. The van der Waals surface area contributed by atoms with E-state index >= 15 is 0 Å². The van der Waals surface area contributed by atoms with Crippen LogP contribution in [-0.2, 0) is 16.6 Å². The number of aromatic nitrogens is 2. The molecule has 1 unspecified atom stereocenters. The molecule has 0 radical (unpaired) electrons. The largest absolute Gasteiger partial charge is 0.323 e. The van der Waals surface area contributed by atoms with Crippen molar-refractivity contribution in [1.29, 1.82) is 0 Å². The fourth-order valence-corrected chi connectivity index (χ4v) is 4.41. The Bertz CT molecular complexity index is 1030. The Balaban J connectivity index is 1.56. The van der Waals surface area contributed by atoms with Gasteiger partial charge >= 0.3 is 0 Å². The molecule has 4 rings (SSSR count). The summed E-state index contributed by atoms with van der Waals surface area (Å²) in [6.45, 7) is 5.87. The molecule has 8 heteroatoms. The van der Waals surface area contributed by atoms with Crippen molar-refractivity contribution in [2.45, 2.75) is 45.7 Å². The Labute approximate surface area is 169 Å². The molecule has 1 aromatic heterocycles. The van der Waals surface area contributed by atoms with Crippen LogP contribution < -0.4 is 10.2 Å². The molecule has 3 amide bonds. The van der Waals surface area contributed by atoms with Gasteiger partial charge in [-0.05, 0) is 39.3 Å². The normalized spacial score (nSPS) is 20.7. The summed E-state index contributed by atoms with van der Waals surface area (Å²) in [7, 11) is 1.83. The zero-order valence-electron chi connectivity index (χ0n) is 17.2. The molecule has 1 N–H and O–H groups in total. The van der Waals surface area contributed by atoms with Gasteiger partial charge in [-0.15, -0.1) is 0 Å². The molecule has 29 heavy (non-hydrogen) atoms. The molecule has 0 aliphatic carbocycles. The minimum absolute atomic E-state index is 0.00325. The third-order valence-electron chi connectivity index (χ3n) is 6.08. The highest BCUT2D eigenvalue weighted by Gasteiger charge is 2.52. The standard InChI is InChI=1S/C21H25N5O3/c1-13-19(14(2)24(4)23-13)22-17(27)10-12-25-20(29)15-7-5-6-8-16(15)26-18(28)9-11-21(25,26)3/h5-8H,9-12H2,1-4H3,(H,22,27). The zero-order valence-corrected chi connectivity index (χ0v) is 17.2. The summed E-state index contributed by atoms with van der Waals surface area (Å²) in [6.07, 6.45) is 1.07. The minimum atomic E-state index is -0.747. The van der Waals surface area contributed by atoms with Crippen molar-refractivity contribution < 1.29 is 14.4 Å². The molecule has 2 aliphatic rings. The number of carbonyl (C=O) groups is 3. The number of aryl methyl sites for hydroxylation is 2. The predicted molar refractivity (Wildman–Crippen MR) is 109 cm³/mol. The number of rotatable bonds is 4. The second-order valence-corrected chi connectivity index (χ2v) is 7.89. The average Bonchev–Trinajstić information content (AvgIpc) is 3.12. The lowest BCUT2D eigenvalue weighted by Crippen LogP contribution is -2.62. The van der Waals surface area contributed by atoms with E-state index in [1.54, 1.807) is 26.6 Å². The van der Waals surface area contributed by atoms with E-state index in [0.717, 1.165) is 11.4 Å². The summed E-state index contributed by atoms with van der Waals surface area (Å²) in [4.78, 5) is 41.8. The summed E-state index contributed by atoms with van der Waals surface area (Å²) in [6, 6.07) is 7.17. The Morgan fingerprint density at radius 3 is 2.66 bits per heavy atom. The second kappa shape index (κ2) is 6.72. The first-order chi connectivity index (χ1) is 13.7. The molecule has 152 valence electrons. The summed E-state index contributed by atoms with van der Waals surface area (Å²) in [5.41, 5.74) is 2.74. The van der Waals surface area contributed by atoms with E-state index in [-0.39, 0.29) is 30.7 Å². The maximum absolute atomic E-state index is 13.2. The minimum Gasteiger partial charge on any atom is -0.323 e. The SMILES string of the molecule is Cc1nn(C)c(C)c1NC(=O)CCN1C(=O)c2ccccc2N2C(=O)CCC12C. The first-order valence-corrected chi connectivity index (χ1v) is 9.78. The fraction of sp³-hybridized carbons (Fsp3) is 0.429. The number of nitrogens with zero attached hydrogens (tertiary/aromatic N) is 4. The van der Waals surface area contributed by atoms with Gasteiger partial charge in [0, 0.05) is 26.4 Å². The van der Waals surface area contributed by atoms with Crippen LogP contribution in [-0.4, -0.2) is 44.6 Å². The van der Waals surface area contributed by atoms with Crippen molar-refractivity contribution >= 4 is 29.1 Å². The predicted octanol–water partition coefficient (Wildman–Crippen LogP) is 2.36. The van der Waals surface area contributed by atoms with Gasteiger partial charge in [0.25, 0.3) is 5.91 Å². The first-order valence-electron chi connectivity index (χ1n) is 9.78. The number of hydrogen-bond acceptors (Lipinski definition) is 4. The molecule has 2 aliphatic heterocycles. The van der Waals surface area contributed by atoms with Crippen LogP contribution in [0.4, 0.5) is 11.4 Å². The lowest BCUT2D eigenvalue weighted by molar-refractivity contribution is -0.117. The van der Waals surface area contributed by atoms with Crippen molar-refractivity contribution in [3.8, 4) is 0 Å². The van der Waals surface area contributed by atoms with Gasteiger partial charge in [0.1, 0.15) is 5.66 Å². The van der Waals surface area contributed by atoms with Crippen molar-refractivity contribution in [1.82, 2.24) is 14.7 Å². The number of benzene rings is 1. The summed E-state index contributed by atoms with van der Waals surface area (Å²) >= 11 is 0. The van der Waals surface area contributed by atoms with Crippen LogP contribution >= 0.6 is 0 Å². The van der Waals surface area contributed by atoms with Gasteiger partial charge in [-0.2, -0.15) is 5.10 Å². The highest BCUT2D eigenvalue weighted by Crippen LogP contribution is 2.43. The molecule has 0 saturated carbocycles. The van der Waals surface area contributed by atoms with Gasteiger partial charge < -0.3 is 10.2 Å². The lowest BCUT2D eigenvalue weighted by atomic mass is 9.98. The third kappa shape index (κ3) is 2.90. The fourth-order valence-electron chi connectivity index (χ4n) is 4.41. The van der Waals surface area contributed by atoms with E-state index in [1.807, 2.05) is 40.0 Å². The number of nitrogens with one attached hydrogen (secondary N) is 1. The van der Waals surface area contributed by atoms with Gasteiger partial charge in [-0.3, -0.25) is 24.0 Å². The molecule has 0 bridgehead atoms. The van der Waals surface area contributed by atoms with E-state index in [0.29, 0.717) is 29.8 Å². The van der Waals surface area contributed by atoms with Crippen LogP contribution in [0.15, 0.2) is 24.3 Å². The van der Waals surface area contributed by atoms with Gasteiger partial charge in [0.05, 0.1) is 28.3 Å². The van der Waals surface area contributed by atoms with Crippen LogP contribution in [0.3, 0.4) is 0 Å². The average molecular weight is 395 g/mol. The van der Waals surface area contributed by atoms with E-state index in [4.69, 9.17) is 0 Å². The number of amides is 3. The van der Waals surface area contributed by atoms with Crippen molar-refractivity contribution in [3.63, 3.8) is 0 Å². The monoisotopic (exact) mass is 395 g/mol. The molecule has 0 spiro atoms. The van der Waals surface area contributed by atoms with Crippen LogP contribution in [0, 0.1) is 13.8 Å². The topological polar surface area (TPSA) is 87.5 Å². The van der Waals surface area contributed by atoms with Crippen molar-refractivity contribution in [2.24, 2.45) is 7.05 Å². The van der Waals surface area contributed by atoms with E-state index in [9.17, 15) is 14.4 Å². The molecular formula is C21H25N5O3. The van der Waals surface area contributed by atoms with E-state index in [2.05, 4.69) is 10.4 Å². The molecule has 8 nitrogen and oxygen atoms in total. The highest BCUT2D eigenvalue weighted by atomic mass is 16.2. The van der Waals surface area contributed by atoms with Crippen molar-refractivity contribution in [3.05, 3.63) is 41.2 Å². The quantitative estimate of drug-likeness (QED) is 0.861. The Kier molecular flexibility index (Phi) is 4.44. The van der Waals surface area contributed by atoms with Crippen LogP contribution in [0.2, 0.25) is 0 Å². The Hall–Kier alpha value is -3.16. The molecule has 1 atom stereocenters. The molecule has 1 fully saturated rings. The van der Waals surface area contributed by atoms with E-state index in [1.165, 1.54) is 0 Å². The third-order valence-corrected chi connectivity index (χ3v) is 6.08. The summed E-state index contributed by atoms with van der Waals surface area (Å²) in [5.74, 6) is -0.325. The number of hydrogen-bond donors (Lipinski definition) is 1. The van der Waals surface area contributed by atoms with Gasteiger partial charge in [-0.1, -0.05) is 12.1 Å². The molecule has 1 saturated heterocycles. The number of carbonyl (C=O) groups excluding carboxylic acids is 3. The van der Waals surface area contributed by atoms with Crippen LogP contribution in [0.5, 0.6) is 0 Å². The smallest absolute Gasteiger partial charge is 0.257 e. The van der Waals surface area contributed by atoms with Gasteiger partial charge in [-0.25, -0.2) is 0 Å². The maximum atomic E-state index is 13.2. The number of fused-ring (bicyclic) bond motifs is 3. The van der Waals surface area contributed by atoms with E-state index < -0.39 is 5.66 Å². The zero-order chi connectivity index (χ0) is 20.9. The Morgan fingerprint density at radius 1 is 1.24 bits per heavy atom. The summed E-state index contributed by atoms with van der Waals surface area (Å²) in [5, 5.41) is 7.22. The van der Waals surface area contributed by atoms with Gasteiger partial charge in [0.15, 0.2) is 0 Å². The van der Waals surface area contributed by atoms with Crippen LogP contribution in [0.1, 0.15) is 47.9 Å². The molecule has 1 aromatic carbocycles. The molecule has 2 aromatic rings. The summed E-state index contributed by atoms with van der Waals surface area (Å²) < 4.78 is 1.72. The highest BCUT2D eigenvalue weighted by molar-refractivity contribution is 6.10. The lowest BCUT2D eigenvalue weighted by Gasteiger charge is -2.48. The maximum Gasteiger partial charge on any atom is 0.257 e. The molecular weight excluding hydrogens is 370 g/mol.